The molecule has 2 rings (SSSR count). The molecule has 1 aromatic carbocycles. The highest BCUT2D eigenvalue weighted by molar-refractivity contribution is 5.68. The summed E-state index contributed by atoms with van der Waals surface area (Å²) in [5.74, 6) is 0. The quantitative estimate of drug-likeness (QED) is 0.737. The number of ether oxygens (including phenoxy) is 1. The SMILES string of the molecule is C[C@H](O)c1ccc(N2CCOCC2)c(N)c1. The van der Waals surface area contributed by atoms with E-state index in [0.717, 1.165) is 43.2 Å². The van der Waals surface area contributed by atoms with Crippen LogP contribution in [-0.4, -0.2) is 31.4 Å². The summed E-state index contributed by atoms with van der Waals surface area (Å²) in [5.41, 5.74) is 8.61. The predicted octanol–water partition coefficient (Wildman–Crippen LogP) is 1.16. The van der Waals surface area contributed by atoms with E-state index in [4.69, 9.17) is 10.5 Å². The Morgan fingerprint density at radius 3 is 2.62 bits per heavy atom. The van der Waals surface area contributed by atoms with Crippen LogP contribution in [0.5, 0.6) is 0 Å². The molecular weight excluding hydrogens is 204 g/mol. The molecule has 1 aromatic rings. The van der Waals surface area contributed by atoms with Crippen molar-refractivity contribution in [2.45, 2.75) is 13.0 Å². The van der Waals surface area contributed by atoms with Crippen molar-refractivity contribution in [2.24, 2.45) is 0 Å². The minimum absolute atomic E-state index is 0.471. The van der Waals surface area contributed by atoms with E-state index in [1.54, 1.807) is 6.92 Å². The van der Waals surface area contributed by atoms with Crippen molar-refractivity contribution < 1.29 is 9.84 Å². The second-order valence-electron chi connectivity index (χ2n) is 4.09. The van der Waals surface area contributed by atoms with Crippen LogP contribution in [0.2, 0.25) is 0 Å². The fourth-order valence-corrected chi connectivity index (χ4v) is 1.93. The summed E-state index contributed by atoms with van der Waals surface area (Å²) in [5, 5.41) is 9.46. The number of nitrogen functional groups attached to an aromatic ring is 1. The first-order valence-corrected chi connectivity index (χ1v) is 5.58. The highest BCUT2D eigenvalue weighted by Crippen LogP contribution is 2.27. The highest BCUT2D eigenvalue weighted by Gasteiger charge is 2.14. The Bertz CT molecular complexity index is 360. The van der Waals surface area contributed by atoms with Gasteiger partial charge in [-0.1, -0.05) is 6.07 Å². The maximum atomic E-state index is 9.46. The van der Waals surface area contributed by atoms with Gasteiger partial charge < -0.3 is 20.5 Å². The lowest BCUT2D eigenvalue weighted by molar-refractivity contribution is 0.123. The molecule has 0 aromatic heterocycles. The minimum atomic E-state index is -0.471. The van der Waals surface area contributed by atoms with E-state index in [9.17, 15) is 5.11 Å². The first kappa shape index (κ1) is 11.2. The van der Waals surface area contributed by atoms with Crippen molar-refractivity contribution >= 4 is 11.4 Å². The molecule has 4 heteroatoms. The average molecular weight is 222 g/mol. The molecule has 0 radical (unpaired) electrons. The smallest absolute Gasteiger partial charge is 0.0762 e. The Hall–Kier alpha value is -1.26. The van der Waals surface area contributed by atoms with Crippen LogP contribution in [0.25, 0.3) is 0 Å². The third-order valence-corrected chi connectivity index (χ3v) is 2.89. The van der Waals surface area contributed by atoms with Gasteiger partial charge in [0.05, 0.1) is 30.7 Å². The lowest BCUT2D eigenvalue weighted by Gasteiger charge is -2.30. The lowest BCUT2D eigenvalue weighted by Crippen LogP contribution is -2.36. The first-order chi connectivity index (χ1) is 7.68. The van der Waals surface area contributed by atoms with Crippen molar-refractivity contribution in [2.75, 3.05) is 36.9 Å². The third-order valence-electron chi connectivity index (χ3n) is 2.89. The molecule has 0 unspecified atom stereocenters. The van der Waals surface area contributed by atoms with Gasteiger partial charge in [-0.3, -0.25) is 0 Å². The largest absolute Gasteiger partial charge is 0.397 e. The Kier molecular flexibility index (Phi) is 3.31. The lowest BCUT2D eigenvalue weighted by atomic mass is 10.1. The van der Waals surface area contributed by atoms with Crippen molar-refractivity contribution in [3.63, 3.8) is 0 Å². The molecule has 0 spiro atoms. The topological polar surface area (TPSA) is 58.7 Å². The standard InChI is InChI=1S/C12H18N2O2/c1-9(15)10-2-3-12(11(13)8-10)14-4-6-16-7-5-14/h2-3,8-9,15H,4-7,13H2,1H3/t9-/m0/s1. The van der Waals surface area contributed by atoms with Crippen molar-refractivity contribution in [3.05, 3.63) is 23.8 Å². The third kappa shape index (κ3) is 2.28. The number of morpholine rings is 1. The Morgan fingerprint density at radius 1 is 1.38 bits per heavy atom. The van der Waals surface area contributed by atoms with Crippen LogP contribution in [0.4, 0.5) is 11.4 Å². The summed E-state index contributed by atoms with van der Waals surface area (Å²) >= 11 is 0. The fourth-order valence-electron chi connectivity index (χ4n) is 1.93. The number of hydrogen-bond acceptors (Lipinski definition) is 4. The minimum Gasteiger partial charge on any atom is -0.397 e. The number of nitrogens with zero attached hydrogens (tertiary/aromatic N) is 1. The maximum Gasteiger partial charge on any atom is 0.0762 e. The zero-order valence-electron chi connectivity index (χ0n) is 9.52. The van der Waals surface area contributed by atoms with Gasteiger partial charge >= 0.3 is 0 Å². The molecule has 88 valence electrons. The molecule has 0 aliphatic carbocycles. The van der Waals surface area contributed by atoms with E-state index in [-0.39, 0.29) is 0 Å². The summed E-state index contributed by atoms with van der Waals surface area (Å²) in [6, 6.07) is 5.74. The van der Waals surface area contributed by atoms with Crippen LogP contribution in [0.15, 0.2) is 18.2 Å². The van der Waals surface area contributed by atoms with Gasteiger partial charge in [0.2, 0.25) is 0 Å². The first-order valence-electron chi connectivity index (χ1n) is 5.58. The molecule has 1 fully saturated rings. The number of hydrogen-bond donors (Lipinski definition) is 2. The van der Waals surface area contributed by atoms with E-state index in [1.165, 1.54) is 0 Å². The number of aliphatic hydroxyl groups is 1. The molecule has 0 saturated carbocycles. The fraction of sp³-hybridized carbons (Fsp3) is 0.500. The van der Waals surface area contributed by atoms with Gasteiger partial charge in [-0.15, -0.1) is 0 Å². The Labute approximate surface area is 95.6 Å². The second-order valence-corrected chi connectivity index (χ2v) is 4.09. The van der Waals surface area contributed by atoms with Crippen molar-refractivity contribution in [1.29, 1.82) is 0 Å². The molecule has 1 aliphatic rings. The highest BCUT2D eigenvalue weighted by atomic mass is 16.5. The summed E-state index contributed by atoms with van der Waals surface area (Å²) in [6.45, 7) is 4.98. The van der Waals surface area contributed by atoms with Gasteiger partial charge in [-0.25, -0.2) is 0 Å². The van der Waals surface area contributed by atoms with Crippen molar-refractivity contribution in [1.82, 2.24) is 0 Å². The monoisotopic (exact) mass is 222 g/mol. The summed E-state index contributed by atoms with van der Waals surface area (Å²) in [7, 11) is 0. The van der Waals surface area contributed by atoms with Gasteiger partial charge in [-0.2, -0.15) is 0 Å². The molecule has 1 saturated heterocycles. The van der Waals surface area contributed by atoms with E-state index in [0.29, 0.717) is 0 Å². The van der Waals surface area contributed by atoms with Gasteiger partial charge in [0, 0.05) is 13.1 Å². The number of nitrogens with two attached hydrogens (primary N) is 1. The zero-order chi connectivity index (χ0) is 11.5. The summed E-state index contributed by atoms with van der Waals surface area (Å²) in [4.78, 5) is 2.21. The van der Waals surface area contributed by atoms with E-state index in [1.807, 2.05) is 18.2 Å². The maximum absolute atomic E-state index is 9.46. The summed E-state index contributed by atoms with van der Waals surface area (Å²) in [6.07, 6.45) is -0.471. The molecule has 1 heterocycles. The molecule has 0 amide bonds. The van der Waals surface area contributed by atoms with Gasteiger partial charge in [0.1, 0.15) is 0 Å². The number of aliphatic hydroxyl groups excluding tert-OH is 1. The van der Waals surface area contributed by atoms with Crippen molar-refractivity contribution in [3.8, 4) is 0 Å². The van der Waals surface area contributed by atoms with Gasteiger partial charge in [-0.05, 0) is 24.6 Å². The van der Waals surface area contributed by atoms with Crippen LogP contribution in [0.3, 0.4) is 0 Å². The zero-order valence-corrected chi connectivity index (χ0v) is 9.52. The number of anilines is 2. The average Bonchev–Trinajstić information content (AvgIpc) is 2.30. The second kappa shape index (κ2) is 4.72. The number of rotatable bonds is 2. The van der Waals surface area contributed by atoms with Gasteiger partial charge in [0.25, 0.3) is 0 Å². The molecule has 16 heavy (non-hydrogen) atoms. The Balaban J connectivity index is 2.21. The van der Waals surface area contributed by atoms with E-state index < -0.39 is 6.10 Å². The van der Waals surface area contributed by atoms with Crippen LogP contribution >= 0.6 is 0 Å². The normalized spacial score (nSPS) is 18.5. The van der Waals surface area contributed by atoms with E-state index >= 15 is 0 Å². The van der Waals surface area contributed by atoms with Crippen LogP contribution in [0, 0.1) is 0 Å². The molecule has 3 N–H and O–H groups in total. The molecule has 4 nitrogen and oxygen atoms in total. The van der Waals surface area contributed by atoms with Gasteiger partial charge in [0.15, 0.2) is 0 Å². The molecule has 0 bridgehead atoms. The van der Waals surface area contributed by atoms with Crippen LogP contribution < -0.4 is 10.6 Å². The Morgan fingerprint density at radius 2 is 2.06 bits per heavy atom. The molecule has 1 atom stereocenters. The molecule has 1 aliphatic heterocycles. The van der Waals surface area contributed by atoms with Crippen LogP contribution in [-0.2, 0) is 4.74 Å². The summed E-state index contributed by atoms with van der Waals surface area (Å²) < 4.78 is 5.30. The molecular formula is C12H18N2O2. The van der Waals surface area contributed by atoms with E-state index in [2.05, 4.69) is 4.90 Å². The van der Waals surface area contributed by atoms with Crippen LogP contribution in [0.1, 0.15) is 18.6 Å². The predicted molar refractivity (Wildman–Crippen MR) is 64.5 cm³/mol. The number of benzene rings is 1.